The maximum Gasteiger partial charge on any atom is 0.305 e. The van der Waals surface area contributed by atoms with Crippen LogP contribution in [0.1, 0.15) is 18.0 Å². The lowest BCUT2D eigenvalue weighted by molar-refractivity contribution is -0.138. The molecule has 2 rings (SSSR count). The van der Waals surface area contributed by atoms with Crippen molar-refractivity contribution >= 4 is 21.9 Å². The van der Waals surface area contributed by atoms with Crippen LogP contribution in [0.3, 0.4) is 0 Å². The molecule has 1 saturated heterocycles. The molecule has 1 heterocycles. The zero-order valence-electron chi connectivity index (χ0n) is 11.4. The van der Waals surface area contributed by atoms with Gasteiger partial charge < -0.3 is 10.0 Å². The Balaban J connectivity index is 2.22. The summed E-state index contributed by atoms with van der Waals surface area (Å²) in [5.41, 5.74) is 0.720. The Labute approximate surface area is 126 Å². The van der Waals surface area contributed by atoms with E-state index in [4.69, 9.17) is 5.11 Å². The van der Waals surface area contributed by atoms with E-state index in [1.165, 1.54) is 6.07 Å². The standard InChI is InChI=1S/C14H18BrFN2O2/c1-17-4-6-18(7-5-17)13(9-14(19)20)10-2-3-11(15)12(16)8-10/h2-3,8,13H,4-7,9H2,1H3,(H,19,20). The fourth-order valence-electron chi connectivity index (χ4n) is 2.48. The monoisotopic (exact) mass is 344 g/mol. The molecule has 1 aliphatic rings. The van der Waals surface area contributed by atoms with Gasteiger partial charge in [0.1, 0.15) is 5.82 Å². The number of carboxylic acids is 1. The molecular formula is C14H18BrFN2O2. The highest BCUT2D eigenvalue weighted by Crippen LogP contribution is 2.28. The summed E-state index contributed by atoms with van der Waals surface area (Å²) in [6.07, 6.45) is -0.00914. The molecule has 0 radical (unpaired) electrons. The Bertz CT molecular complexity index is 490. The Morgan fingerprint density at radius 1 is 1.40 bits per heavy atom. The summed E-state index contributed by atoms with van der Waals surface area (Å²) >= 11 is 3.12. The van der Waals surface area contributed by atoms with E-state index in [-0.39, 0.29) is 18.3 Å². The molecule has 0 amide bonds. The average molecular weight is 345 g/mol. The predicted octanol–water partition coefficient (Wildman–Crippen LogP) is 2.35. The van der Waals surface area contributed by atoms with Gasteiger partial charge in [0.2, 0.25) is 0 Å². The summed E-state index contributed by atoms with van der Waals surface area (Å²) in [5, 5.41) is 9.11. The van der Waals surface area contributed by atoms with E-state index in [9.17, 15) is 9.18 Å². The first-order chi connectivity index (χ1) is 9.47. The molecular weight excluding hydrogens is 327 g/mol. The van der Waals surface area contributed by atoms with Crippen LogP contribution >= 0.6 is 15.9 Å². The van der Waals surface area contributed by atoms with Gasteiger partial charge in [-0.2, -0.15) is 0 Å². The normalized spacial score (nSPS) is 18.9. The molecule has 1 aromatic carbocycles. The van der Waals surface area contributed by atoms with Crippen LogP contribution in [-0.2, 0) is 4.79 Å². The zero-order valence-corrected chi connectivity index (χ0v) is 12.9. The number of hydrogen-bond donors (Lipinski definition) is 1. The van der Waals surface area contributed by atoms with Crippen LogP contribution in [0.25, 0.3) is 0 Å². The van der Waals surface area contributed by atoms with Gasteiger partial charge in [0, 0.05) is 32.2 Å². The summed E-state index contributed by atoms with van der Waals surface area (Å²) in [6, 6.07) is 4.58. The minimum absolute atomic E-state index is 0.00914. The van der Waals surface area contributed by atoms with Crippen molar-refractivity contribution in [3.63, 3.8) is 0 Å². The van der Waals surface area contributed by atoms with Gasteiger partial charge in [0.05, 0.1) is 10.9 Å². The Morgan fingerprint density at radius 3 is 2.60 bits per heavy atom. The fraction of sp³-hybridized carbons (Fsp3) is 0.500. The minimum atomic E-state index is -0.864. The van der Waals surface area contributed by atoms with Crippen molar-refractivity contribution in [3.05, 3.63) is 34.1 Å². The number of rotatable bonds is 4. The highest BCUT2D eigenvalue weighted by Gasteiger charge is 2.26. The summed E-state index contributed by atoms with van der Waals surface area (Å²) in [7, 11) is 2.04. The fourth-order valence-corrected chi connectivity index (χ4v) is 2.72. The molecule has 6 heteroatoms. The summed E-state index contributed by atoms with van der Waals surface area (Å²) in [5.74, 6) is -1.22. The number of nitrogens with zero attached hydrogens (tertiary/aromatic N) is 2. The van der Waals surface area contributed by atoms with Crippen LogP contribution in [0.5, 0.6) is 0 Å². The van der Waals surface area contributed by atoms with E-state index in [0.717, 1.165) is 31.7 Å². The van der Waals surface area contributed by atoms with Gasteiger partial charge in [-0.25, -0.2) is 4.39 Å². The van der Waals surface area contributed by atoms with E-state index < -0.39 is 5.97 Å². The van der Waals surface area contributed by atoms with E-state index in [1.807, 2.05) is 7.05 Å². The first kappa shape index (κ1) is 15.4. The molecule has 0 saturated carbocycles. The number of carbonyl (C=O) groups is 1. The highest BCUT2D eigenvalue weighted by atomic mass is 79.9. The van der Waals surface area contributed by atoms with Crippen LogP contribution in [-0.4, -0.2) is 54.1 Å². The smallest absolute Gasteiger partial charge is 0.305 e. The highest BCUT2D eigenvalue weighted by molar-refractivity contribution is 9.10. The van der Waals surface area contributed by atoms with Crippen molar-refractivity contribution in [3.8, 4) is 0 Å². The lowest BCUT2D eigenvalue weighted by atomic mass is 10.0. The summed E-state index contributed by atoms with van der Waals surface area (Å²) in [4.78, 5) is 15.4. The number of likely N-dealkylation sites (N-methyl/N-ethyl adjacent to an activating group) is 1. The number of hydrogen-bond acceptors (Lipinski definition) is 3. The van der Waals surface area contributed by atoms with Gasteiger partial charge in [0.15, 0.2) is 0 Å². The van der Waals surface area contributed by atoms with Crippen LogP contribution < -0.4 is 0 Å². The number of benzene rings is 1. The second kappa shape index (κ2) is 6.65. The molecule has 20 heavy (non-hydrogen) atoms. The quantitative estimate of drug-likeness (QED) is 0.910. The van der Waals surface area contributed by atoms with Gasteiger partial charge in [-0.3, -0.25) is 9.69 Å². The molecule has 4 nitrogen and oxygen atoms in total. The van der Waals surface area contributed by atoms with Crippen LogP contribution in [0.4, 0.5) is 4.39 Å². The van der Waals surface area contributed by atoms with Crippen LogP contribution in [0.2, 0.25) is 0 Å². The Kier molecular flexibility index (Phi) is 5.12. The van der Waals surface area contributed by atoms with Crippen LogP contribution in [0, 0.1) is 5.82 Å². The third kappa shape index (κ3) is 3.77. The predicted molar refractivity (Wildman–Crippen MR) is 78.2 cm³/mol. The Morgan fingerprint density at radius 2 is 2.05 bits per heavy atom. The van der Waals surface area contributed by atoms with E-state index >= 15 is 0 Å². The minimum Gasteiger partial charge on any atom is -0.481 e. The van der Waals surface area contributed by atoms with Gasteiger partial charge in [-0.15, -0.1) is 0 Å². The van der Waals surface area contributed by atoms with Crippen molar-refractivity contribution in [1.82, 2.24) is 9.80 Å². The number of halogens is 2. The molecule has 0 aromatic heterocycles. The first-order valence-corrected chi connectivity index (χ1v) is 7.36. The van der Waals surface area contributed by atoms with Crippen LogP contribution in [0.15, 0.2) is 22.7 Å². The lowest BCUT2D eigenvalue weighted by Crippen LogP contribution is -2.46. The summed E-state index contributed by atoms with van der Waals surface area (Å²) in [6.45, 7) is 3.39. The third-order valence-corrected chi connectivity index (χ3v) is 4.32. The number of aliphatic carboxylic acids is 1. The molecule has 0 bridgehead atoms. The summed E-state index contributed by atoms with van der Waals surface area (Å²) < 4.78 is 14.1. The third-order valence-electron chi connectivity index (χ3n) is 3.68. The van der Waals surface area contributed by atoms with Crippen molar-refractivity contribution < 1.29 is 14.3 Å². The first-order valence-electron chi connectivity index (χ1n) is 6.56. The lowest BCUT2D eigenvalue weighted by Gasteiger charge is -2.37. The molecule has 1 aliphatic heterocycles. The van der Waals surface area contributed by atoms with E-state index in [0.29, 0.717) is 4.47 Å². The van der Waals surface area contributed by atoms with E-state index in [2.05, 4.69) is 25.7 Å². The molecule has 1 fully saturated rings. The maximum atomic E-state index is 13.7. The second-order valence-electron chi connectivity index (χ2n) is 5.13. The second-order valence-corrected chi connectivity index (χ2v) is 5.98. The van der Waals surface area contributed by atoms with E-state index in [1.54, 1.807) is 12.1 Å². The largest absolute Gasteiger partial charge is 0.481 e. The van der Waals surface area contributed by atoms with Gasteiger partial charge >= 0.3 is 5.97 Å². The topological polar surface area (TPSA) is 43.8 Å². The maximum absolute atomic E-state index is 13.7. The van der Waals surface area contributed by atoms with Gasteiger partial charge in [-0.1, -0.05) is 6.07 Å². The molecule has 1 aromatic rings. The molecule has 110 valence electrons. The number of carboxylic acid groups (broad SMARTS) is 1. The zero-order chi connectivity index (χ0) is 14.7. The van der Waals surface area contributed by atoms with Crippen molar-refractivity contribution in [1.29, 1.82) is 0 Å². The average Bonchev–Trinajstić information content (AvgIpc) is 2.40. The molecule has 0 spiro atoms. The molecule has 1 N–H and O–H groups in total. The Hall–Kier alpha value is -0.980. The van der Waals surface area contributed by atoms with Crippen molar-refractivity contribution in [2.45, 2.75) is 12.5 Å². The van der Waals surface area contributed by atoms with Crippen molar-refractivity contribution in [2.75, 3.05) is 33.2 Å². The SMILES string of the molecule is CN1CCN(C(CC(=O)O)c2ccc(Br)c(F)c2)CC1. The van der Waals surface area contributed by atoms with Gasteiger partial charge in [0.25, 0.3) is 0 Å². The molecule has 0 aliphatic carbocycles. The molecule has 1 unspecified atom stereocenters. The number of piperazine rings is 1. The van der Waals surface area contributed by atoms with Gasteiger partial charge in [-0.05, 0) is 40.7 Å². The van der Waals surface area contributed by atoms with Crippen molar-refractivity contribution in [2.24, 2.45) is 0 Å². The molecule has 1 atom stereocenters.